The van der Waals surface area contributed by atoms with Crippen molar-refractivity contribution in [3.8, 4) is 6.07 Å². The summed E-state index contributed by atoms with van der Waals surface area (Å²) in [5.41, 5.74) is 1.34. The Kier molecular flexibility index (Phi) is 5.94. The molecule has 4 fully saturated rings. The number of hydrogen-bond acceptors (Lipinski definition) is 3. The molecular weight excluding hydrogens is 394 g/mol. The Morgan fingerprint density at radius 2 is 1.94 bits per heavy atom. The zero-order valence-corrected chi connectivity index (χ0v) is 20.7. The van der Waals surface area contributed by atoms with Crippen molar-refractivity contribution in [1.29, 1.82) is 5.26 Å². The molecule has 1 heterocycles. The van der Waals surface area contributed by atoms with Gasteiger partial charge in [0.2, 0.25) is 0 Å². The first-order valence-electron chi connectivity index (χ1n) is 13.3. The molecule has 0 aliphatic heterocycles. The molecule has 8 unspecified atom stereocenters. The van der Waals surface area contributed by atoms with Gasteiger partial charge in [-0.05, 0) is 110 Å². The second kappa shape index (κ2) is 8.46. The van der Waals surface area contributed by atoms with Gasteiger partial charge in [0.05, 0.1) is 11.8 Å². The maximum atomic E-state index is 9.18. The topological polar surface area (TPSA) is 50.8 Å². The van der Waals surface area contributed by atoms with Gasteiger partial charge >= 0.3 is 0 Å². The average molecular weight is 438 g/mol. The molecule has 0 radical (unpaired) electrons. The normalized spacial score (nSPS) is 41.4. The summed E-state index contributed by atoms with van der Waals surface area (Å²) >= 11 is 0. The maximum Gasteiger partial charge on any atom is 0.102 e. The summed E-state index contributed by atoms with van der Waals surface area (Å²) in [6.45, 7) is 9.46. The van der Waals surface area contributed by atoms with Crippen molar-refractivity contribution in [3.05, 3.63) is 18.0 Å². The third-order valence-electron chi connectivity index (χ3n) is 10.7. The molecule has 4 aliphatic rings. The van der Waals surface area contributed by atoms with E-state index in [1.165, 1.54) is 57.8 Å². The summed E-state index contributed by atoms with van der Waals surface area (Å²) in [5, 5.41) is 13.7. The van der Waals surface area contributed by atoms with Gasteiger partial charge in [-0.3, -0.25) is 4.68 Å². The highest BCUT2D eigenvalue weighted by Crippen LogP contribution is 2.67. The standard InChI is InChI=1S/C28H43N3O/c1-27(2,18-31-16-20(14-29)15-30-31)26-10-9-25-24-8-6-21-13-19(17-32-4)5-7-22(21)23(24)11-12-28(25,26)3/h15-16,19,21-26H,5-13,17-18H2,1-4H3. The van der Waals surface area contributed by atoms with Crippen molar-refractivity contribution >= 4 is 0 Å². The molecule has 0 aromatic carbocycles. The Morgan fingerprint density at radius 3 is 2.69 bits per heavy atom. The third-order valence-corrected chi connectivity index (χ3v) is 10.7. The molecule has 0 bridgehead atoms. The molecule has 0 saturated heterocycles. The molecule has 0 N–H and O–H groups in total. The molecule has 0 amide bonds. The van der Waals surface area contributed by atoms with Gasteiger partial charge in [0, 0.05) is 26.5 Å². The number of rotatable bonds is 5. The highest BCUT2D eigenvalue weighted by Gasteiger charge is 2.59. The molecule has 32 heavy (non-hydrogen) atoms. The highest BCUT2D eigenvalue weighted by atomic mass is 16.5. The number of hydrogen-bond donors (Lipinski definition) is 0. The summed E-state index contributed by atoms with van der Waals surface area (Å²) < 4.78 is 7.53. The average Bonchev–Trinajstić information content (AvgIpc) is 3.37. The van der Waals surface area contributed by atoms with Gasteiger partial charge in [-0.15, -0.1) is 0 Å². The zero-order chi connectivity index (χ0) is 22.5. The van der Waals surface area contributed by atoms with Crippen molar-refractivity contribution in [3.63, 3.8) is 0 Å². The van der Waals surface area contributed by atoms with Crippen molar-refractivity contribution in [2.75, 3.05) is 13.7 Å². The molecule has 8 atom stereocenters. The van der Waals surface area contributed by atoms with E-state index in [-0.39, 0.29) is 5.41 Å². The SMILES string of the molecule is COCC1CCC2C(CCC3C2CCC2(C)C3CCC2C(C)(C)Cn2cc(C#N)cn2)C1. The first kappa shape index (κ1) is 22.5. The fraction of sp³-hybridized carbons (Fsp3) is 0.857. The lowest BCUT2D eigenvalue weighted by atomic mass is 9.48. The molecule has 0 spiro atoms. The Morgan fingerprint density at radius 1 is 1.12 bits per heavy atom. The second-order valence-corrected chi connectivity index (χ2v) is 12.8. The molecule has 5 rings (SSSR count). The maximum absolute atomic E-state index is 9.18. The van der Waals surface area contributed by atoms with Gasteiger partial charge in [-0.1, -0.05) is 20.8 Å². The summed E-state index contributed by atoms with van der Waals surface area (Å²) in [5.74, 6) is 6.38. The lowest BCUT2D eigenvalue weighted by Gasteiger charge is -2.57. The van der Waals surface area contributed by atoms with Crippen LogP contribution in [-0.4, -0.2) is 23.5 Å². The Balaban J connectivity index is 1.30. The number of nitriles is 1. The summed E-state index contributed by atoms with van der Waals surface area (Å²) in [7, 11) is 1.87. The van der Waals surface area contributed by atoms with Crippen LogP contribution in [-0.2, 0) is 11.3 Å². The van der Waals surface area contributed by atoms with Crippen LogP contribution < -0.4 is 0 Å². The lowest BCUT2D eigenvalue weighted by Crippen LogP contribution is -2.50. The summed E-state index contributed by atoms with van der Waals surface area (Å²) in [4.78, 5) is 0. The van der Waals surface area contributed by atoms with Gasteiger partial charge in [0.25, 0.3) is 0 Å². The van der Waals surface area contributed by atoms with Crippen LogP contribution in [0.5, 0.6) is 0 Å². The van der Waals surface area contributed by atoms with E-state index in [0.29, 0.717) is 11.0 Å². The van der Waals surface area contributed by atoms with E-state index < -0.39 is 0 Å². The third kappa shape index (κ3) is 3.73. The van der Waals surface area contributed by atoms with E-state index in [1.54, 1.807) is 6.20 Å². The van der Waals surface area contributed by atoms with E-state index in [1.807, 2.05) is 18.0 Å². The molecule has 1 aromatic rings. The predicted octanol–water partition coefficient (Wildman–Crippen LogP) is 6.31. The Labute approximate surface area is 195 Å². The lowest BCUT2D eigenvalue weighted by molar-refractivity contribution is -0.0874. The monoisotopic (exact) mass is 437 g/mol. The number of methoxy groups -OCH3 is 1. The van der Waals surface area contributed by atoms with E-state index >= 15 is 0 Å². The van der Waals surface area contributed by atoms with Crippen molar-refractivity contribution in [1.82, 2.24) is 9.78 Å². The van der Waals surface area contributed by atoms with Gasteiger partial charge in [-0.2, -0.15) is 10.4 Å². The summed E-state index contributed by atoms with van der Waals surface area (Å²) in [6, 6.07) is 2.23. The molecule has 176 valence electrons. The molecule has 4 saturated carbocycles. The first-order chi connectivity index (χ1) is 15.4. The van der Waals surface area contributed by atoms with Crippen LogP contribution in [0.15, 0.2) is 12.4 Å². The van der Waals surface area contributed by atoms with Crippen LogP contribution in [0.2, 0.25) is 0 Å². The molecular formula is C28H43N3O. The minimum Gasteiger partial charge on any atom is -0.384 e. The largest absolute Gasteiger partial charge is 0.384 e. The van der Waals surface area contributed by atoms with E-state index in [4.69, 9.17) is 4.74 Å². The molecule has 1 aromatic heterocycles. The molecule has 4 nitrogen and oxygen atoms in total. The van der Waals surface area contributed by atoms with Gasteiger partial charge in [-0.25, -0.2) is 0 Å². The van der Waals surface area contributed by atoms with E-state index in [9.17, 15) is 5.26 Å². The van der Waals surface area contributed by atoms with E-state index in [2.05, 4.69) is 31.9 Å². The fourth-order valence-electron chi connectivity index (χ4n) is 9.66. The van der Waals surface area contributed by atoms with Crippen LogP contribution in [0.3, 0.4) is 0 Å². The van der Waals surface area contributed by atoms with Gasteiger partial charge in [0.15, 0.2) is 0 Å². The minimum absolute atomic E-state index is 0.199. The van der Waals surface area contributed by atoms with Crippen molar-refractivity contribution < 1.29 is 4.74 Å². The number of ether oxygens (including phenoxy) is 1. The van der Waals surface area contributed by atoms with Crippen LogP contribution in [0.1, 0.15) is 84.1 Å². The van der Waals surface area contributed by atoms with Crippen LogP contribution in [0.25, 0.3) is 0 Å². The van der Waals surface area contributed by atoms with Crippen molar-refractivity contribution in [2.24, 2.45) is 52.3 Å². The quantitative estimate of drug-likeness (QED) is 0.542. The van der Waals surface area contributed by atoms with Crippen molar-refractivity contribution in [2.45, 2.75) is 85.1 Å². The van der Waals surface area contributed by atoms with Gasteiger partial charge in [0.1, 0.15) is 6.07 Å². The molecule has 4 aliphatic carbocycles. The predicted molar refractivity (Wildman–Crippen MR) is 127 cm³/mol. The number of nitrogens with zero attached hydrogens (tertiary/aromatic N) is 3. The first-order valence-corrected chi connectivity index (χ1v) is 13.3. The molecule has 4 heteroatoms. The Bertz CT molecular complexity index is 853. The summed E-state index contributed by atoms with van der Waals surface area (Å²) in [6.07, 6.45) is 16.5. The highest BCUT2D eigenvalue weighted by molar-refractivity contribution is 5.21. The van der Waals surface area contributed by atoms with Gasteiger partial charge < -0.3 is 4.74 Å². The van der Waals surface area contributed by atoms with Crippen LogP contribution in [0.4, 0.5) is 0 Å². The van der Waals surface area contributed by atoms with Crippen LogP contribution >= 0.6 is 0 Å². The van der Waals surface area contributed by atoms with Crippen LogP contribution in [0, 0.1) is 63.6 Å². The number of aromatic nitrogens is 2. The zero-order valence-electron chi connectivity index (χ0n) is 20.7. The smallest absolute Gasteiger partial charge is 0.102 e. The fourth-order valence-corrected chi connectivity index (χ4v) is 9.66. The van der Waals surface area contributed by atoms with E-state index in [0.717, 1.165) is 54.6 Å². The minimum atomic E-state index is 0.199. The Hall–Kier alpha value is -1.34. The number of fused-ring (bicyclic) bond motifs is 5. The second-order valence-electron chi connectivity index (χ2n) is 12.8.